The molecule has 0 bridgehead atoms. The molecule has 1 aromatic heterocycles. The lowest BCUT2D eigenvalue weighted by Gasteiger charge is -2.27. The highest BCUT2D eigenvalue weighted by molar-refractivity contribution is 14.1. The quantitative estimate of drug-likeness (QED) is 0.596. The van der Waals surface area contributed by atoms with E-state index in [0.29, 0.717) is 11.1 Å². The van der Waals surface area contributed by atoms with Gasteiger partial charge in [-0.05, 0) is 35.4 Å². The molecule has 0 spiro atoms. The molecule has 1 aliphatic carbocycles. The third kappa shape index (κ3) is 2.51. The number of aromatic nitrogens is 2. The van der Waals surface area contributed by atoms with E-state index in [1.165, 1.54) is 12.8 Å². The van der Waals surface area contributed by atoms with E-state index >= 15 is 0 Å². The Morgan fingerprint density at radius 3 is 2.59 bits per heavy atom. The third-order valence-corrected chi connectivity index (χ3v) is 4.74. The van der Waals surface area contributed by atoms with Crippen molar-refractivity contribution in [3.63, 3.8) is 0 Å². The van der Waals surface area contributed by atoms with Crippen LogP contribution in [0.5, 0.6) is 0 Å². The summed E-state index contributed by atoms with van der Waals surface area (Å²) in [5.74, 6) is 1.36. The van der Waals surface area contributed by atoms with Gasteiger partial charge in [0.2, 0.25) is 5.95 Å². The van der Waals surface area contributed by atoms with Gasteiger partial charge in [-0.2, -0.15) is 4.98 Å². The van der Waals surface area contributed by atoms with Crippen LogP contribution in [0.4, 0.5) is 5.95 Å². The smallest absolute Gasteiger partial charge is 0.227 e. The average molecular weight is 366 g/mol. The van der Waals surface area contributed by atoms with Crippen molar-refractivity contribution in [3.05, 3.63) is 14.4 Å². The van der Waals surface area contributed by atoms with Crippen molar-refractivity contribution in [1.29, 1.82) is 0 Å². The molecule has 1 saturated heterocycles. The number of halogens is 2. The number of nitrogens with zero attached hydrogens (tertiary/aromatic N) is 3. The molecule has 1 aromatic rings. The lowest BCUT2D eigenvalue weighted by molar-refractivity contribution is 0.122. The molecule has 3 rings (SSSR count). The second-order valence-corrected chi connectivity index (χ2v) is 5.82. The maximum atomic E-state index is 6.19. The van der Waals surface area contributed by atoms with Gasteiger partial charge in [0.15, 0.2) is 0 Å². The van der Waals surface area contributed by atoms with Gasteiger partial charge in [-0.1, -0.05) is 11.6 Å². The van der Waals surface area contributed by atoms with Crippen LogP contribution in [0, 0.1) is 3.57 Å². The largest absolute Gasteiger partial charge is 0.378 e. The fraction of sp³-hybridized carbons (Fsp3) is 0.636. The van der Waals surface area contributed by atoms with Gasteiger partial charge in [-0.15, -0.1) is 0 Å². The van der Waals surface area contributed by atoms with E-state index in [-0.39, 0.29) is 0 Å². The summed E-state index contributed by atoms with van der Waals surface area (Å²) in [4.78, 5) is 11.2. The molecular formula is C11H13ClIN3O. The molecule has 2 fully saturated rings. The van der Waals surface area contributed by atoms with Crippen molar-refractivity contribution in [2.75, 3.05) is 31.2 Å². The van der Waals surface area contributed by atoms with E-state index < -0.39 is 0 Å². The minimum Gasteiger partial charge on any atom is -0.378 e. The van der Waals surface area contributed by atoms with Gasteiger partial charge in [0.25, 0.3) is 0 Å². The highest BCUT2D eigenvalue weighted by Gasteiger charge is 2.30. The SMILES string of the molecule is Clc1nc(N2CCOCC2)nc(C2CC2)c1I. The summed E-state index contributed by atoms with van der Waals surface area (Å²) in [5.41, 5.74) is 1.13. The number of ether oxygens (including phenoxy) is 1. The molecule has 2 heterocycles. The average Bonchev–Trinajstić information content (AvgIpc) is 3.18. The van der Waals surface area contributed by atoms with Gasteiger partial charge in [0, 0.05) is 19.0 Å². The summed E-state index contributed by atoms with van der Waals surface area (Å²) < 4.78 is 6.35. The number of hydrogen-bond donors (Lipinski definition) is 0. The van der Waals surface area contributed by atoms with Crippen LogP contribution in [0.3, 0.4) is 0 Å². The van der Waals surface area contributed by atoms with Crippen molar-refractivity contribution in [2.45, 2.75) is 18.8 Å². The molecule has 6 heteroatoms. The zero-order valence-electron chi connectivity index (χ0n) is 9.33. The van der Waals surface area contributed by atoms with Gasteiger partial charge >= 0.3 is 0 Å². The van der Waals surface area contributed by atoms with Crippen LogP contribution in [0.25, 0.3) is 0 Å². The second kappa shape index (κ2) is 4.85. The van der Waals surface area contributed by atoms with E-state index in [1.807, 2.05) is 0 Å². The van der Waals surface area contributed by atoms with Crippen LogP contribution in [-0.2, 0) is 4.74 Å². The maximum absolute atomic E-state index is 6.19. The van der Waals surface area contributed by atoms with E-state index in [2.05, 4.69) is 37.5 Å². The molecule has 0 unspecified atom stereocenters. The molecule has 0 aromatic carbocycles. The van der Waals surface area contributed by atoms with Crippen LogP contribution in [0.1, 0.15) is 24.5 Å². The first-order valence-corrected chi connectivity index (χ1v) is 7.27. The predicted octanol–water partition coefficient (Wildman–Crippen LogP) is 2.45. The summed E-state index contributed by atoms with van der Waals surface area (Å²) in [7, 11) is 0. The van der Waals surface area contributed by atoms with Crippen molar-refractivity contribution in [3.8, 4) is 0 Å². The molecule has 4 nitrogen and oxygen atoms in total. The van der Waals surface area contributed by atoms with Gasteiger partial charge in [-0.25, -0.2) is 4.98 Å². The first kappa shape index (κ1) is 11.9. The Labute approximate surface area is 119 Å². The highest BCUT2D eigenvalue weighted by atomic mass is 127. The molecule has 17 heavy (non-hydrogen) atoms. The molecular weight excluding hydrogens is 352 g/mol. The normalized spacial score (nSPS) is 20.7. The Morgan fingerprint density at radius 2 is 1.94 bits per heavy atom. The molecule has 0 atom stereocenters. The Bertz CT molecular complexity index is 433. The van der Waals surface area contributed by atoms with E-state index in [4.69, 9.17) is 16.3 Å². The summed E-state index contributed by atoms with van der Waals surface area (Å²) >= 11 is 8.44. The van der Waals surface area contributed by atoms with E-state index in [1.54, 1.807) is 0 Å². The minimum absolute atomic E-state index is 0.587. The third-order valence-electron chi connectivity index (χ3n) is 3.08. The standard InChI is InChI=1S/C11H13ClIN3O/c12-10-8(13)9(7-1-2-7)14-11(15-10)16-3-5-17-6-4-16/h7H,1-6H2. The number of rotatable bonds is 2. The fourth-order valence-electron chi connectivity index (χ4n) is 1.96. The molecule has 92 valence electrons. The molecule has 2 aliphatic rings. The Hall–Kier alpha value is -0.140. The van der Waals surface area contributed by atoms with Crippen LogP contribution < -0.4 is 4.90 Å². The highest BCUT2D eigenvalue weighted by Crippen LogP contribution is 2.42. The van der Waals surface area contributed by atoms with Crippen LogP contribution >= 0.6 is 34.2 Å². The maximum Gasteiger partial charge on any atom is 0.227 e. The predicted molar refractivity (Wildman–Crippen MR) is 74.8 cm³/mol. The van der Waals surface area contributed by atoms with Crippen LogP contribution in [-0.4, -0.2) is 36.3 Å². The first-order valence-electron chi connectivity index (χ1n) is 5.81. The topological polar surface area (TPSA) is 38.2 Å². The number of anilines is 1. The summed E-state index contributed by atoms with van der Waals surface area (Å²) in [5, 5.41) is 0.587. The van der Waals surface area contributed by atoms with Crippen molar-refractivity contribution < 1.29 is 4.74 Å². The molecule has 0 N–H and O–H groups in total. The lowest BCUT2D eigenvalue weighted by atomic mass is 10.3. The van der Waals surface area contributed by atoms with Crippen molar-refractivity contribution in [2.24, 2.45) is 0 Å². The molecule has 1 aliphatic heterocycles. The summed E-state index contributed by atoms with van der Waals surface area (Å²) in [6, 6.07) is 0. The Kier molecular flexibility index (Phi) is 3.40. The van der Waals surface area contributed by atoms with Gasteiger partial charge in [0.05, 0.1) is 22.5 Å². The Balaban J connectivity index is 1.93. The van der Waals surface area contributed by atoms with Crippen molar-refractivity contribution >= 4 is 40.1 Å². The van der Waals surface area contributed by atoms with Gasteiger partial charge < -0.3 is 9.64 Å². The van der Waals surface area contributed by atoms with Crippen LogP contribution in [0.2, 0.25) is 5.15 Å². The molecule has 1 saturated carbocycles. The second-order valence-electron chi connectivity index (χ2n) is 4.39. The van der Waals surface area contributed by atoms with Crippen molar-refractivity contribution in [1.82, 2.24) is 9.97 Å². The first-order chi connectivity index (χ1) is 8.25. The number of morpholine rings is 1. The van der Waals surface area contributed by atoms with Gasteiger partial charge in [-0.3, -0.25) is 0 Å². The molecule has 0 radical (unpaired) electrons. The lowest BCUT2D eigenvalue weighted by Crippen LogP contribution is -2.37. The number of hydrogen-bond acceptors (Lipinski definition) is 4. The van der Waals surface area contributed by atoms with Crippen LogP contribution in [0.15, 0.2) is 0 Å². The zero-order valence-corrected chi connectivity index (χ0v) is 12.2. The van der Waals surface area contributed by atoms with E-state index in [0.717, 1.165) is 41.5 Å². The molecule has 0 amide bonds. The monoisotopic (exact) mass is 365 g/mol. The zero-order chi connectivity index (χ0) is 11.8. The summed E-state index contributed by atoms with van der Waals surface area (Å²) in [6.45, 7) is 3.18. The Morgan fingerprint density at radius 1 is 1.24 bits per heavy atom. The van der Waals surface area contributed by atoms with Gasteiger partial charge in [0.1, 0.15) is 5.15 Å². The minimum atomic E-state index is 0.587. The van der Waals surface area contributed by atoms with E-state index in [9.17, 15) is 0 Å². The summed E-state index contributed by atoms with van der Waals surface area (Å²) in [6.07, 6.45) is 2.46. The fourth-order valence-corrected chi connectivity index (χ4v) is 2.81.